The van der Waals surface area contributed by atoms with E-state index in [0.717, 1.165) is 16.1 Å². The maximum absolute atomic E-state index is 12.6. The van der Waals surface area contributed by atoms with Crippen LogP contribution in [-0.2, 0) is 4.79 Å². The highest BCUT2D eigenvalue weighted by atomic mass is 35.5. The molecule has 1 aromatic carbocycles. The summed E-state index contributed by atoms with van der Waals surface area (Å²) in [6, 6.07) is 11.0. The summed E-state index contributed by atoms with van der Waals surface area (Å²) in [4.78, 5) is 25.9. The molecule has 1 atom stereocenters. The van der Waals surface area contributed by atoms with Crippen LogP contribution in [0.2, 0.25) is 5.02 Å². The van der Waals surface area contributed by atoms with Crippen LogP contribution in [0.1, 0.15) is 40.6 Å². The van der Waals surface area contributed by atoms with Gasteiger partial charge in [-0.15, -0.1) is 11.3 Å². The van der Waals surface area contributed by atoms with Gasteiger partial charge in [0.05, 0.1) is 28.3 Å². The summed E-state index contributed by atoms with van der Waals surface area (Å²) in [5.41, 5.74) is 3.40. The normalized spacial score (nSPS) is 16.4. The van der Waals surface area contributed by atoms with Crippen molar-refractivity contribution in [3.05, 3.63) is 78.6 Å². The van der Waals surface area contributed by atoms with E-state index in [1.807, 2.05) is 25.3 Å². The van der Waals surface area contributed by atoms with Crippen LogP contribution in [0.4, 0.5) is 0 Å². The molecule has 0 saturated carbocycles. The number of thiophene rings is 1. The number of allylic oxidation sites excluding steroid dienone is 3. The number of nitriles is 1. The van der Waals surface area contributed by atoms with Crippen LogP contribution >= 0.6 is 34.7 Å². The Hall–Kier alpha value is -2.33. The van der Waals surface area contributed by atoms with Gasteiger partial charge in [0, 0.05) is 26.7 Å². The van der Waals surface area contributed by atoms with E-state index in [4.69, 9.17) is 11.6 Å². The van der Waals surface area contributed by atoms with Gasteiger partial charge in [0.15, 0.2) is 11.6 Å². The summed E-state index contributed by atoms with van der Waals surface area (Å²) < 4.78 is 0. The third-order valence-electron chi connectivity index (χ3n) is 4.70. The van der Waals surface area contributed by atoms with Crippen LogP contribution in [0.5, 0.6) is 0 Å². The van der Waals surface area contributed by atoms with E-state index in [1.165, 1.54) is 30.0 Å². The van der Waals surface area contributed by atoms with E-state index in [-0.39, 0.29) is 17.3 Å². The molecule has 0 aliphatic carbocycles. The second-order valence-electron chi connectivity index (χ2n) is 6.69. The minimum atomic E-state index is -0.410. The number of aryl methyl sites for hydroxylation is 1. The lowest BCUT2D eigenvalue weighted by atomic mass is 9.84. The smallest absolute Gasteiger partial charge is 0.173 e. The van der Waals surface area contributed by atoms with Gasteiger partial charge in [0.1, 0.15) is 0 Å². The van der Waals surface area contributed by atoms with Crippen molar-refractivity contribution >= 4 is 46.3 Å². The number of benzene rings is 1. The summed E-state index contributed by atoms with van der Waals surface area (Å²) in [5, 5.41) is 16.3. The number of carbonyl (C=O) groups excluding carboxylic acids is 2. The minimum Gasteiger partial charge on any atom is -0.353 e. The van der Waals surface area contributed by atoms with Crippen molar-refractivity contribution in [1.29, 1.82) is 5.26 Å². The van der Waals surface area contributed by atoms with Gasteiger partial charge in [-0.25, -0.2) is 0 Å². The third-order valence-corrected chi connectivity index (χ3v) is 7.06. The molecule has 148 valence electrons. The Balaban J connectivity index is 1.94. The number of nitrogens with one attached hydrogen (secondary N) is 1. The van der Waals surface area contributed by atoms with Crippen molar-refractivity contribution in [1.82, 2.24) is 5.32 Å². The van der Waals surface area contributed by atoms with E-state index in [1.54, 1.807) is 24.3 Å². The van der Waals surface area contributed by atoms with Gasteiger partial charge in [-0.05, 0) is 62.0 Å². The molecule has 3 rings (SSSR count). The second kappa shape index (κ2) is 9.00. The van der Waals surface area contributed by atoms with Crippen molar-refractivity contribution in [3.63, 3.8) is 0 Å². The van der Waals surface area contributed by atoms with Gasteiger partial charge in [-0.1, -0.05) is 23.4 Å². The Morgan fingerprint density at radius 3 is 2.48 bits per heavy atom. The molecule has 1 aliphatic rings. The fourth-order valence-corrected chi connectivity index (χ4v) is 5.45. The molecule has 4 nitrogen and oxygen atoms in total. The van der Waals surface area contributed by atoms with E-state index < -0.39 is 5.92 Å². The fraction of sp³-hybridized carbons (Fsp3) is 0.227. The maximum atomic E-state index is 12.6. The van der Waals surface area contributed by atoms with Crippen LogP contribution in [0.3, 0.4) is 0 Å². The van der Waals surface area contributed by atoms with Crippen LogP contribution in [-0.4, -0.2) is 17.3 Å². The fourth-order valence-electron chi connectivity index (χ4n) is 3.29. The van der Waals surface area contributed by atoms with Crippen LogP contribution in [0.25, 0.3) is 0 Å². The molecule has 2 aromatic rings. The molecular formula is C22H19ClN2O2S2. The first kappa shape index (κ1) is 21.4. The zero-order chi connectivity index (χ0) is 21.1. The first-order valence-corrected chi connectivity index (χ1v) is 11.2. The van der Waals surface area contributed by atoms with Gasteiger partial charge in [-0.2, -0.15) is 5.26 Å². The lowest BCUT2D eigenvalue weighted by Crippen LogP contribution is -2.27. The monoisotopic (exact) mass is 442 g/mol. The Labute approximate surface area is 183 Å². The van der Waals surface area contributed by atoms with Crippen molar-refractivity contribution in [2.75, 3.05) is 5.75 Å². The lowest BCUT2D eigenvalue weighted by Gasteiger charge is -2.29. The van der Waals surface area contributed by atoms with Gasteiger partial charge in [0.2, 0.25) is 0 Å². The number of halogens is 1. The number of carbonyl (C=O) groups is 2. The topological polar surface area (TPSA) is 70.0 Å². The quantitative estimate of drug-likeness (QED) is 0.588. The molecule has 1 aromatic heterocycles. The van der Waals surface area contributed by atoms with E-state index in [0.29, 0.717) is 26.8 Å². The highest BCUT2D eigenvalue weighted by Crippen LogP contribution is 2.43. The summed E-state index contributed by atoms with van der Waals surface area (Å²) in [6.07, 6.45) is 0. The van der Waals surface area contributed by atoms with Crippen LogP contribution in [0.15, 0.2) is 57.6 Å². The molecule has 7 heteroatoms. The summed E-state index contributed by atoms with van der Waals surface area (Å²) in [6.45, 7) is 5.34. The molecule has 0 spiro atoms. The molecule has 1 aliphatic heterocycles. The zero-order valence-corrected chi connectivity index (χ0v) is 18.6. The highest BCUT2D eigenvalue weighted by Gasteiger charge is 2.34. The number of hydrogen-bond donors (Lipinski definition) is 1. The zero-order valence-electron chi connectivity index (χ0n) is 16.2. The lowest BCUT2D eigenvalue weighted by molar-refractivity contribution is -0.113. The molecule has 29 heavy (non-hydrogen) atoms. The molecule has 0 fully saturated rings. The summed E-state index contributed by atoms with van der Waals surface area (Å²) in [7, 11) is 0. The Morgan fingerprint density at radius 1 is 1.24 bits per heavy atom. The van der Waals surface area contributed by atoms with Gasteiger partial charge in [-0.3, -0.25) is 9.59 Å². The van der Waals surface area contributed by atoms with Gasteiger partial charge >= 0.3 is 0 Å². The van der Waals surface area contributed by atoms with E-state index >= 15 is 0 Å². The van der Waals surface area contributed by atoms with Crippen molar-refractivity contribution < 1.29 is 9.59 Å². The molecule has 0 saturated heterocycles. The first-order valence-electron chi connectivity index (χ1n) is 8.92. The first-order chi connectivity index (χ1) is 13.8. The SMILES string of the molecule is CC(=O)C1=C(C)NC(SCC(=O)c2ccc(Cl)cc2)=C(C#N)[C@H]1c1sccc1C. The maximum Gasteiger partial charge on any atom is 0.173 e. The summed E-state index contributed by atoms with van der Waals surface area (Å²) >= 11 is 8.70. The Bertz CT molecular complexity index is 1070. The number of thioether (sulfide) groups is 1. The van der Waals surface area contributed by atoms with E-state index in [2.05, 4.69) is 11.4 Å². The predicted octanol–water partition coefficient (Wildman–Crippen LogP) is 5.61. The summed E-state index contributed by atoms with van der Waals surface area (Å²) in [5.74, 6) is -0.358. The second-order valence-corrected chi connectivity index (χ2v) is 9.06. The average Bonchev–Trinajstić information content (AvgIpc) is 3.11. The van der Waals surface area contributed by atoms with Gasteiger partial charge in [0.25, 0.3) is 0 Å². The van der Waals surface area contributed by atoms with Crippen molar-refractivity contribution in [2.45, 2.75) is 26.7 Å². The Morgan fingerprint density at radius 2 is 1.93 bits per heavy atom. The molecule has 2 heterocycles. The number of nitrogens with zero attached hydrogens (tertiary/aromatic N) is 1. The van der Waals surface area contributed by atoms with Crippen molar-refractivity contribution in [3.8, 4) is 6.07 Å². The molecular weight excluding hydrogens is 424 g/mol. The van der Waals surface area contributed by atoms with Crippen LogP contribution < -0.4 is 5.32 Å². The number of Topliss-reactive ketones (excluding diaryl/α,β-unsaturated/α-hetero) is 2. The predicted molar refractivity (Wildman–Crippen MR) is 119 cm³/mol. The van der Waals surface area contributed by atoms with Crippen LogP contribution in [0, 0.1) is 18.3 Å². The molecule has 0 bridgehead atoms. The number of dihydropyridines is 1. The third kappa shape index (κ3) is 4.48. The molecule has 0 radical (unpaired) electrons. The number of hydrogen-bond acceptors (Lipinski definition) is 6. The Kier molecular flexibility index (Phi) is 6.63. The molecule has 0 unspecified atom stereocenters. The largest absolute Gasteiger partial charge is 0.353 e. The van der Waals surface area contributed by atoms with Crippen molar-refractivity contribution in [2.24, 2.45) is 0 Å². The highest BCUT2D eigenvalue weighted by molar-refractivity contribution is 8.03. The van der Waals surface area contributed by atoms with E-state index in [9.17, 15) is 14.9 Å². The molecule has 0 amide bonds. The minimum absolute atomic E-state index is 0.0545. The number of rotatable bonds is 6. The standard InChI is InChI=1S/C22H19ClN2O2S2/c1-12-8-9-28-21(12)20-17(10-24)22(25-13(2)19(20)14(3)26)29-11-18(27)15-4-6-16(23)7-5-15/h4-9,20,25H,11H2,1-3H3/t20-/m1/s1. The van der Waals surface area contributed by atoms with Gasteiger partial charge < -0.3 is 5.32 Å². The average molecular weight is 443 g/mol. The number of ketones is 2. The molecule has 1 N–H and O–H groups in total.